The number of rotatable bonds is 10. The van der Waals surface area contributed by atoms with Crippen molar-refractivity contribution < 1.29 is 19.0 Å². The largest absolute Gasteiger partial charge is 0.494 e. The molecule has 2 aromatic rings. The van der Waals surface area contributed by atoms with Crippen molar-refractivity contribution in [2.24, 2.45) is 5.92 Å². The molecule has 2 aliphatic rings. The first kappa shape index (κ1) is 27.3. The quantitative estimate of drug-likeness (QED) is 0.214. The van der Waals surface area contributed by atoms with Crippen molar-refractivity contribution in [3.8, 4) is 10.9 Å². The monoisotopic (exact) mass is 544 g/mol. The Kier molecular flexibility index (Phi) is 9.00. The molecule has 1 unspecified atom stereocenters. The summed E-state index contributed by atoms with van der Waals surface area (Å²) in [6, 6.07) is 1.69. The summed E-state index contributed by atoms with van der Waals surface area (Å²) in [5.41, 5.74) is 2.87. The summed E-state index contributed by atoms with van der Waals surface area (Å²) in [7, 11) is 1.56. The SMILES string of the molecule is CC/C=C/C(C(=O)Nc1nnc(OCC2COC3(CCC3)C2)s1)=C(\C=C(C)C)c1cc(Cl)ncc1OC. The lowest BCUT2D eigenvalue weighted by Gasteiger charge is -2.37. The van der Waals surface area contributed by atoms with Gasteiger partial charge in [0.2, 0.25) is 5.13 Å². The third-order valence-electron chi connectivity index (χ3n) is 6.45. The van der Waals surface area contributed by atoms with Crippen LogP contribution in [0.25, 0.3) is 5.57 Å². The zero-order valence-electron chi connectivity index (χ0n) is 21.7. The molecule has 1 spiro atoms. The van der Waals surface area contributed by atoms with E-state index >= 15 is 0 Å². The van der Waals surface area contributed by atoms with Gasteiger partial charge in [0.25, 0.3) is 11.1 Å². The van der Waals surface area contributed by atoms with Crippen LogP contribution in [-0.4, -0.2) is 47.0 Å². The van der Waals surface area contributed by atoms with Gasteiger partial charge in [0.15, 0.2) is 0 Å². The Morgan fingerprint density at radius 2 is 2.16 bits per heavy atom. The van der Waals surface area contributed by atoms with Crippen molar-refractivity contribution >= 4 is 39.5 Å². The summed E-state index contributed by atoms with van der Waals surface area (Å²) in [5, 5.41) is 12.2. The Morgan fingerprint density at radius 3 is 2.81 bits per heavy atom. The lowest BCUT2D eigenvalue weighted by Crippen LogP contribution is -2.36. The number of hydrogen-bond acceptors (Lipinski definition) is 8. The fraction of sp³-hybridized carbons (Fsp3) is 0.481. The van der Waals surface area contributed by atoms with Gasteiger partial charge in [0.05, 0.1) is 32.1 Å². The molecule has 1 N–H and O–H groups in total. The molecular formula is C27H33ClN4O4S. The van der Waals surface area contributed by atoms with Gasteiger partial charge in [-0.05, 0) is 68.9 Å². The molecule has 2 aromatic heterocycles. The third-order valence-corrected chi connectivity index (χ3v) is 7.41. The highest BCUT2D eigenvalue weighted by molar-refractivity contribution is 7.17. The second-order valence-electron chi connectivity index (χ2n) is 9.62. The van der Waals surface area contributed by atoms with E-state index in [1.54, 1.807) is 25.4 Å². The molecule has 1 aliphatic carbocycles. The van der Waals surface area contributed by atoms with Crippen LogP contribution in [0.4, 0.5) is 5.13 Å². The maximum absolute atomic E-state index is 13.5. The highest BCUT2D eigenvalue weighted by Gasteiger charge is 2.45. The van der Waals surface area contributed by atoms with Crippen LogP contribution in [0.3, 0.4) is 0 Å². The van der Waals surface area contributed by atoms with E-state index in [-0.39, 0.29) is 11.5 Å². The highest BCUT2D eigenvalue weighted by atomic mass is 35.5. The van der Waals surface area contributed by atoms with Gasteiger partial charge in [-0.15, -0.1) is 5.10 Å². The average Bonchev–Trinajstić information content (AvgIpc) is 3.49. The Morgan fingerprint density at radius 1 is 1.35 bits per heavy atom. The second kappa shape index (κ2) is 12.2. The van der Waals surface area contributed by atoms with Crippen LogP contribution >= 0.6 is 22.9 Å². The number of ether oxygens (including phenoxy) is 3. The number of carbonyl (C=O) groups excluding carboxylic acids is 1. The van der Waals surface area contributed by atoms with Gasteiger partial charge in [-0.25, -0.2) is 4.98 Å². The van der Waals surface area contributed by atoms with Crippen molar-refractivity contribution in [3.05, 3.63) is 52.4 Å². The zero-order chi connectivity index (χ0) is 26.4. The van der Waals surface area contributed by atoms with Crippen LogP contribution in [0.2, 0.25) is 5.15 Å². The molecule has 1 saturated heterocycles. The van der Waals surface area contributed by atoms with Crippen LogP contribution < -0.4 is 14.8 Å². The highest BCUT2D eigenvalue weighted by Crippen LogP contribution is 2.45. The molecule has 0 bridgehead atoms. The van der Waals surface area contributed by atoms with Gasteiger partial charge in [0, 0.05) is 17.1 Å². The molecule has 4 rings (SSSR count). The van der Waals surface area contributed by atoms with Crippen LogP contribution in [-0.2, 0) is 9.53 Å². The summed E-state index contributed by atoms with van der Waals surface area (Å²) in [4.78, 5) is 17.6. The van der Waals surface area contributed by atoms with Crippen LogP contribution in [0.1, 0.15) is 58.4 Å². The first-order chi connectivity index (χ1) is 17.8. The van der Waals surface area contributed by atoms with Crippen molar-refractivity contribution in [1.29, 1.82) is 0 Å². The van der Waals surface area contributed by atoms with Crippen molar-refractivity contribution in [3.63, 3.8) is 0 Å². The lowest BCUT2D eigenvalue weighted by molar-refractivity contribution is -0.112. The molecule has 8 nitrogen and oxygen atoms in total. The number of anilines is 1. The Hall–Kier alpha value is -2.75. The van der Waals surface area contributed by atoms with Gasteiger partial charge in [-0.2, -0.15) is 0 Å². The molecule has 2 fully saturated rings. The first-order valence-corrected chi connectivity index (χ1v) is 13.7. The minimum Gasteiger partial charge on any atom is -0.494 e. The molecule has 10 heteroatoms. The van der Waals surface area contributed by atoms with Gasteiger partial charge in [-0.1, -0.05) is 47.4 Å². The number of allylic oxidation sites excluding steroid dienone is 4. The summed E-state index contributed by atoms with van der Waals surface area (Å²) in [5.74, 6) is 0.536. The number of nitrogens with zero attached hydrogens (tertiary/aromatic N) is 3. The summed E-state index contributed by atoms with van der Waals surface area (Å²) < 4.78 is 17.4. The summed E-state index contributed by atoms with van der Waals surface area (Å²) in [6.45, 7) is 7.18. The minimum atomic E-state index is -0.328. The number of aromatic nitrogens is 3. The number of hydrogen-bond donors (Lipinski definition) is 1. The molecule has 198 valence electrons. The van der Waals surface area contributed by atoms with Gasteiger partial charge in [-0.3, -0.25) is 10.1 Å². The number of halogens is 1. The Labute approximate surface area is 226 Å². The van der Waals surface area contributed by atoms with E-state index in [4.69, 9.17) is 25.8 Å². The molecule has 1 aliphatic heterocycles. The van der Waals surface area contributed by atoms with Crippen LogP contribution in [0, 0.1) is 5.92 Å². The Balaban J connectivity index is 1.54. The third kappa shape index (κ3) is 6.77. The normalized spacial score (nSPS) is 18.9. The maximum Gasteiger partial charge on any atom is 0.295 e. The van der Waals surface area contributed by atoms with Gasteiger partial charge >= 0.3 is 0 Å². The number of methoxy groups -OCH3 is 1. The molecule has 1 atom stereocenters. The van der Waals surface area contributed by atoms with Crippen molar-refractivity contribution in [1.82, 2.24) is 15.2 Å². The van der Waals surface area contributed by atoms with E-state index in [1.807, 2.05) is 32.9 Å². The van der Waals surface area contributed by atoms with Gasteiger partial charge < -0.3 is 14.2 Å². The number of amides is 1. The van der Waals surface area contributed by atoms with E-state index < -0.39 is 0 Å². The second-order valence-corrected chi connectivity index (χ2v) is 11.0. The standard InChI is InChI=1S/C27H33ClN4O4S/c1-5-6-8-19(20(11-17(2)3)21-12-23(28)29-14-22(21)34-4)24(33)30-25-31-32-26(37-25)35-15-18-13-27(36-16-18)9-7-10-27/h6,8,11-12,14,18H,5,7,9-10,13,15-16H2,1-4H3,(H,30,31,33)/b8-6+,20-19-. The summed E-state index contributed by atoms with van der Waals surface area (Å²) >= 11 is 7.41. The van der Waals surface area contributed by atoms with E-state index in [0.717, 1.165) is 37.9 Å². The van der Waals surface area contributed by atoms with E-state index in [0.29, 0.717) is 50.5 Å². The molecule has 37 heavy (non-hydrogen) atoms. The fourth-order valence-corrected chi connectivity index (χ4v) is 5.30. The average molecular weight is 545 g/mol. The molecular weight excluding hydrogens is 512 g/mol. The maximum atomic E-state index is 13.5. The lowest BCUT2D eigenvalue weighted by atomic mass is 9.76. The van der Waals surface area contributed by atoms with Crippen LogP contribution in [0.5, 0.6) is 10.9 Å². The first-order valence-electron chi connectivity index (χ1n) is 12.5. The fourth-order valence-electron chi connectivity index (χ4n) is 4.54. The minimum absolute atomic E-state index is 0.0910. The number of pyridine rings is 1. The van der Waals surface area contributed by atoms with Crippen molar-refractivity contribution in [2.45, 2.75) is 58.5 Å². The predicted octanol–water partition coefficient (Wildman–Crippen LogP) is 6.26. The van der Waals surface area contributed by atoms with Gasteiger partial charge in [0.1, 0.15) is 10.9 Å². The van der Waals surface area contributed by atoms with E-state index in [9.17, 15) is 4.79 Å². The van der Waals surface area contributed by atoms with E-state index in [1.165, 1.54) is 17.8 Å². The number of carbonyl (C=O) groups is 1. The molecule has 3 heterocycles. The predicted molar refractivity (Wildman–Crippen MR) is 146 cm³/mol. The van der Waals surface area contributed by atoms with E-state index in [2.05, 4.69) is 20.5 Å². The summed E-state index contributed by atoms with van der Waals surface area (Å²) in [6.07, 6.45) is 12.5. The smallest absolute Gasteiger partial charge is 0.295 e. The number of nitrogens with one attached hydrogen (secondary N) is 1. The van der Waals surface area contributed by atoms with Crippen molar-refractivity contribution in [2.75, 3.05) is 25.6 Å². The molecule has 0 aromatic carbocycles. The topological polar surface area (TPSA) is 95.5 Å². The molecule has 0 radical (unpaired) electrons. The molecule has 1 amide bonds. The Bertz CT molecular complexity index is 1210. The van der Waals surface area contributed by atoms with Crippen LogP contribution in [0.15, 0.2) is 41.6 Å². The zero-order valence-corrected chi connectivity index (χ0v) is 23.2. The molecule has 1 saturated carbocycles.